The lowest BCUT2D eigenvalue weighted by atomic mass is 9.95. The Morgan fingerprint density at radius 2 is 2.06 bits per heavy atom. The summed E-state index contributed by atoms with van der Waals surface area (Å²) in [4.78, 5) is 26.6. The van der Waals surface area contributed by atoms with Crippen LogP contribution >= 0.6 is 11.6 Å². The van der Waals surface area contributed by atoms with Gasteiger partial charge in [-0.15, -0.1) is 0 Å². The van der Waals surface area contributed by atoms with Gasteiger partial charge in [0.2, 0.25) is 5.91 Å². The summed E-state index contributed by atoms with van der Waals surface area (Å²) in [6.07, 6.45) is -1.69. The first-order valence-electron chi connectivity index (χ1n) is 9.34. The number of amides is 1. The van der Waals surface area contributed by atoms with Crippen molar-refractivity contribution in [1.82, 2.24) is 25.2 Å². The zero-order chi connectivity index (χ0) is 23.0. The van der Waals surface area contributed by atoms with Crippen molar-refractivity contribution in [3.63, 3.8) is 0 Å². The Morgan fingerprint density at radius 3 is 2.69 bits per heavy atom. The van der Waals surface area contributed by atoms with Crippen molar-refractivity contribution in [2.45, 2.75) is 31.2 Å². The smallest absolute Gasteiger partial charge is 0.322 e. The molecule has 0 radical (unpaired) electrons. The monoisotopic (exact) mass is 469 g/mol. The highest BCUT2D eigenvalue weighted by Crippen LogP contribution is 2.54. The highest BCUT2D eigenvalue weighted by molar-refractivity contribution is 6.31. The molecule has 2 aromatic heterocycles. The molecule has 4 rings (SSSR count). The molecule has 0 saturated heterocycles. The molecule has 1 aromatic carbocycles. The van der Waals surface area contributed by atoms with Gasteiger partial charge in [0, 0.05) is 5.02 Å². The molecular weight excluding hydrogens is 455 g/mol. The highest BCUT2D eigenvalue weighted by Gasteiger charge is 2.51. The topological polar surface area (TPSA) is 123 Å². The average Bonchev–Trinajstić information content (AvgIpc) is 3.17. The average molecular weight is 470 g/mol. The second kappa shape index (κ2) is 8.26. The van der Waals surface area contributed by atoms with Crippen LogP contribution in [0.4, 0.5) is 13.2 Å². The lowest BCUT2D eigenvalue weighted by molar-refractivity contribution is -0.138. The number of benzene rings is 1. The van der Waals surface area contributed by atoms with Crippen LogP contribution in [0, 0.1) is 5.82 Å². The Labute approximate surface area is 183 Å². The Balaban J connectivity index is 1.60. The standard InChI is InChI=1S/C19H15ClF3N5O4/c20-11-5-9(21)1-2-10(11)19(3-4-19)18-25-17(32-27-18)12-6-13(16(22)23)28(26-12)8-14(29)24-7-15(30)31/h1-2,5-6,16H,3-4,7-8H2,(H,24,29)(H,30,31). The maximum atomic E-state index is 13.4. The molecule has 13 heteroatoms. The second-order valence-electron chi connectivity index (χ2n) is 7.21. The molecule has 0 bridgehead atoms. The predicted molar refractivity (Wildman–Crippen MR) is 103 cm³/mol. The third-order valence-electron chi connectivity index (χ3n) is 5.03. The number of aromatic nitrogens is 4. The van der Waals surface area contributed by atoms with Gasteiger partial charge in [-0.05, 0) is 36.6 Å². The Bertz CT molecular complexity index is 1190. The van der Waals surface area contributed by atoms with Crippen LogP contribution in [-0.4, -0.2) is 43.4 Å². The molecule has 168 valence electrons. The van der Waals surface area contributed by atoms with Gasteiger partial charge in [-0.25, -0.2) is 13.2 Å². The van der Waals surface area contributed by atoms with Crippen LogP contribution in [0.2, 0.25) is 5.02 Å². The van der Waals surface area contributed by atoms with Crippen molar-refractivity contribution in [3.8, 4) is 11.6 Å². The van der Waals surface area contributed by atoms with E-state index in [4.69, 9.17) is 21.2 Å². The van der Waals surface area contributed by atoms with E-state index in [1.165, 1.54) is 12.1 Å². The van der Waals surface area contributed by atoms with Gasteiger partial charge in [0.25, 0.3) is 12.3 Å². The first kappa shape index (κ1) is 21.8. The van der Waals surface area contributed by atoms with Gasteiger partial charge in [0.1, 0.15) is 24.6 Å². The second-order valence-corrected chi connectivity index (χ2v) is 7.62. The number of hydrogen-bond donors (Lipinski definition) is 2. The molecule has 2 heterocycles. The summed E-state index contributed by atoms with van der Waals surface area (Å²) in [5.41, 5.74) is -0.696. The summed E-state index contributed by atoms with van der Waals surface area (Å²) in [6, 6.07) is 5.01. The van der Waals surface area contributed by atoms with Crippen LogP contribution in [0.3, 0.4) is 0 Å². The summed E-state index contributed by atoms with van der Waals surface area (Å²) >= 11 is 6.18. The summed E-state index contributed by atoms with van der Waals surface area (Å²) in [5, 5.41) is 18.8. The van der Waals surface area contributed by atoms with E-state index in [0.29, 0.717) is 18.4 Å². The molecule has 0 aliphatic heterocycles. The molecule has 3 aromatic rings. The number of alkyl halides is 2. The lowest BCUT2D eigenvalue weighted by Gasteiger charge is -2.12. The van der Waals surface area contributed by atoms with Crippen LogP contribution in [0.25, 0.3) is 11.6 Å². The van der Waals surface area contributed by atoms with Gasteiger partial charge in [0.15, 0.2) is 11.5 Å². The fourth-order valence-corrected chi connectivity index (χ4v) is 3.69. The van der Waals surface area contributed by atoms with E-state index in [1.54, 1.807) is 6.07 Å². The number of carboxylic acid groups (broad SMARTS) is 1. The van der Waals surface area contributed by atoms with E-state index in [9.17, 15) is 22.8 Å². The third-order valence-corrected chi connectivity index (χ3v) is 5.35. The number of carbonyl (C=O) groups excluding carboxylic acids is 1. The van der Waals surface area contributed by atoms with Crippen molar-refractivity contribution < 1.29 is 32.4 Å². The molecule has 1 amide bonds. The molecule has 0 atom stereocenters. The number of nitrogens with zero attached hydrogens (tertiary/aromatic N) is 4. The molecule has 9 nitrogen and oxygen atoms in total. The normalized spacial score (nSPS) is 14.5. The van der Waals surface area contributed by atoms with E-state index < -0.39 is 48.3 Å². The fourth-order valence-electron chi connectivity index (χ4n) is 3.34. The maximum absolute atomic E-state index is 13.4. The summed E-state index contributed by atoms with van der Waals surface area (Å²) in [5.74, 6) is -2.45. The number of nitrogens with one attached hydrogen (secondary N) is 1. The minimum absolute atomic E-state index is 0.0777. The lowest BCUT2D eigenvalue weighted by Crippen LogP contribution is -2.32. The van der Waals surface area contributed by atoms with Gasteiger partial charge < -0.3 is 14.9 Å². The molecule has 32 heavy (non-hydrogen) atoms. The van der Waals surface area contributed by atoms with Gasteiger partial charge in [-0.2, -0.15) is 10.1 Å². The van der Waals surface area contributed by atoms with E-state index in [1.807, 2.05) is 0 Å². The molecular formula is C19H15ClF3N5O4. The molecule has 1 saturated carbocycles. The Hall–Kier alpha value is -3.41. The van der Waals surface area contributed by atoms with Crippen molar-refractivity contribution in [2.75, 3.05) is 6.54 Å². The van der Waals surface area contributed by atoms with Crippen molar-refractivity contribution in [2.24, 2.45) is 0 Å². The van der Waals surface area contributed by atoms with Gasteiger partial charge >= 0.3 is 5.97 Å². The van der Waals surface area contributed by atoms with Crippen LogP contribution in [0.5, 0.6) is 0 Å². The van der Waals surface area contributed by atoms with Crippen molar-refractivity contribution >= 4 is 23.5 Å². The number of hydrogen-bond acceptors (Lipinski definition) is 6. The third kappa shape index (κ3) is 4.17. The first-order chi connectivity index (χ1) is 15.2. The molecule has 1 fully saturated rings. The van der Waals surface area contributed by atoms with Crippen LogP contribution in [-0.2, 0) is 21.5 Å². The van der Waals surface area contributed by atoms with E-state index in [0.717, 1.165) is 10.7 Å². The van der Waals surface area contributed by atoms with Gasteiger partial charge in [0.05, 0.1) is 5.41 Å². The minimum Gasteiger partial charge on any atom is -0.480 e. The Morgan fingerprint density at radius 1 is 1.31 bits per heavy atom. The van der Waals surface area contributed by atoms with Crippen molar-refractivity contribution in [3.05, 3.63) is 52.2 Å². The fraction of sp³-hybridized carbons (Fsp3) is 0.316. The zero-order valence-electron chi connectivity index (χ0n) is 16.2. The van der Waals surface area contributed by atoms with Crippen LogP contribution in [0.1, 0.15) is 36.3 Å². The number of carbonyl (C=O) groups is 2. The highest BCUT2D eigenvalue weighted by atomic mass is 35.5. The number of aliphatic carboxylic acids is 1. The summed E-state index contributed by atoms with van der Waals surface area (Å²) in [7, 11) is 0. The zero-order valence-corrected chi connectivity index (χ0v) is 16.9. The van der Waals surface area contributed by atoms with Crippen LogP contribution < -0.4 is 5.32 Å². The molecule has 1 aliphatic carbocycles. The summed E-state index contributed by atoms with van der Waals surface area (Å²) < 4.78 is 46.2. The Kier molecular flexibility index (Phi) is 5.63. The van der Waals surface area contributed by atoms with Gasteiger partial charge in [-0.3, -0.25) is 14.3 Å². The number of rotatable bonds is 8. The van der Waals surface area contributed by atoms with Crippen molar-refractivity contribution in [1.29, 1.82) is 0 Å². The first-order valence-corrected chi connectivity index (χ1v) is 9.72. The largest absolute Gasteiger partial charge is 0.480 e. The SMILES string of the molecule is O=C(O)CNC(=O)Cn1nc(-c2nc(C3(c4ccc(F)cc4Cl)CC3)no2)cc1C(F)F. The van der Waals surface area contributed by atoms with E-state index in [-0.39, 0.29) is 22.4 Å². The van der Waals surface area contributed by atoms with E-state index >= 15 is 0 Å². The quantitative estimate of drug-likeness (QED) is 0.520. The molecule has 2 N–H and O–H groups in total. The summed E-state index contributed by atoms with van der Waals surface area (Å²) in [6.45, 7) is -1.28. The predicted octanol–water partition coefficient (Wildman–Crippen LogP) is 2.94. The molecule has 0 spiro atoms. The van der Waals surface area contributed by atoms with Crippen LogP contribution in [0.15, 0.2) is 28.8 Å². The van der Waals surface area contributed by atoms with E-state index in [2.05, 4.69) is 20.6 Å². The maximum Gasteiger partial charge on any atom is 0.322 e. The molecule has 0 unspecified atom stereocenters. The minimum atomic E-state index is -2.96. The number of halogens is 4. The number of carboxylic acids is 1. The molecule has 1 aliphatic rings. The van der Waals surface area contributed by atoms with Gasteiger partial charge in [-0.1, -0.05) is 22.8 Å².